The predicted molar refractivity (Wildman–Crippen MR) is 55.5 cm³/mol. The Morgan fingerprint density at radius 2 is 1.93 bits per heavy atom. The molecule has 0 aromatic heterocycles. The van der Waals surface area contributed by atoms with Gasteiger partial charge in [-0.1, -0.05) is 29.3 Å². The average Bonchev–Trinajstić information content (AvgIpc) is 2.00. The summed E-state index contributed by atoms with van der Waals surface area (Å²) in [5.74, 6) is 0. The molecule has 0 aliphatic rings. The second-order valence-corrected chi connectivity index (χ2v) is 4.51. The molecule has 1 aromatic carbocycles. The minimum atomic E-state index is -4.62. The van der Waals surface area contributed by atoms with Crippen LogP contribution in [0, 0.1) is 0 Å². The van der Waals surface area contributed by atoms with E-state index in [2.05, 4.69) is 0 Å². The minimum absolute atomic E-state index is 0.261. The van der Waals surface area contributed by atoms with E-state index in [1.54, 1.807) is 0 Å². The van der Waals surface area contributed by atoms with Crippen molar-refractivity contribution in [3.05, 3.63) is 39.2 Å². The summed E-state index contributed by atoms with van der Waals surface area (Å²) in [6.45, 7) is 0. The molecule has 0 fully saturated rings. The molecule has 0 saturated carbocycles. The van der Waals surface area contributed by atoms with E-state index in [4.69, 9.17) is 23.2 Å². The van der Waals surface area contributed by atoms with Crippen LogP contribution in [0.15, 0.2) is 23.6 Å². The molecule has 0 atom stereocenters. The van der Waals surface area contributed by atoms with E-state index in [0.29, 0.717) is 16.0 Å². The van der Waals surface area contributed by atoms with Crippen LogP contribution in [0.1, 0.15) is 5.56 Å². The van der Waals surface area contributed by atoms with Crippen LogP contribution < -0.4 is 0 Å². The lowest BCUT2D eigenvalue weighted by atomic mass is 10.2. The molecule has 14 heavy (non-hydrogen) atoms. The van der Waals surface area contributed by atoms with Gasteiger partial charge in [0.15, 0.2) is 0 Å². The normalized spacial score (nSPS) is 12.2. The molecule has 0 saturated heterocycles. The summed E-state index contributed by atoms with van der Waals surface area (Å²) in [5.41, 5.74) is 0.386. The highest BCUT2D eigenvalue weighted by Crippen LogP contribution is 2.22. The quantitative estimate of drug-likeness (QED) is 0.760. The topological polar surface area (TPSA) is 34.1 Å². The van der Waals surface area contributed by atoms with Gasteiger partial charge < -0.3 is 0 Å². The monoisotopic (exact) mass is 254 g/mol. The first kappa shape index (κ1) is 11.5. The van der Waals surface area contributed by atoms with Crippen LogP contribution >= 0.6 is 23.2 Å². The van der Waals surface area contributed by atoms with Crippen LogP contribution in [0.2, 0.25) is 10.0 Å². The SMILES string of the molecule is O=S(=O)(F)/C=C/c1ccc(Cl)cc1Cl. The van der Waals surface area contributed by atoms with Gasteiger partial charge in [-0.15, -0.1) is 3.89 Å². The van der Waals surface area contributed by atoms with E-state index in [-0.39, 0.29) is 5.02 Å². The zero-order valence-corrected chi connectivity index (χ0v) is 9.07. The van der Waals surface area contributed by atoms with E-state index >= 15 is 0 Å². The molecule has 0 radical (unpaired) electrons. The van der Waals surface area contributed by atoms with Gasteiger partial charge in [0.1, 0.15) is 0 Å². The second kappa shape index (κ2) is 4.29. The standard InChI is InChI=1S/C8H5Cl2FO2S/c9-7-2-1-6(8(10)5-7)3-4-14(11,12)13/h1-5H/b4-3+. The number of hydrogen-bond acceptors (Lipinski definition) is 2. The summed E-state index contributed by atoms with van der Waals surface area (Å²) in [7, 11) is -4.62. The molecule has 0 bridgehead atoms. The summed E-state index contributed by atoms with van der Waals surface area (Å²) >= 11 is 11.3. The maximum atomic E-state index is 12.1. The van der Waals surface area contributed by atoms with Gasteiger partial charge in [0, 0.05) is 10.0 Å². The van der Waals surface area contributed by atoms with Crippen molar-refractivity contribution in [2.24, 2.45) is 0 Å². The molecule has 0 unspecified atom stereocenters. The maximum Gasteiger partial charge on any atom is 0.325 e. The van der Waals surface area contributed by atoms with Crippen molar-refractivity contribution in [1.82, 2.24) is 0 Å². The van der Waals surface area contributed by atoms with Crippen LogP contribution in [0.3, 0.4) is 0 Å². The lowest BCUT2D eigenvalue weighted by Crippen LogP contribution is -1.82. The molecule has 0 aliphatic heterocycles. The zero-order valence-electron chi connectivity index (χ0n) is 6.75. The number of benzene rings is 1. The number of hydrogen-bond donors (Lipinski definition) is 0. The van der Waals surface area contributed by atoms with E-state index in [0.717, 1.165) is 6.08 Å². The van der Waals surface area contributed by atoms with Crippen molar-refractivity contribution in [3.63, 3.8) is 0 Å². The van der Waals surface area contributed by atoms with Gasteiger partial charge in [-0.3, -0.25) is 0 Å². The van der Waals surface area contributed by atoms with E-state index in [1.807, 2.05) is 0 Å². The fourth-order valence-corrected chi connectivity index (χ4v) is 1.57. The lowest BCUT2D eigenvalue weighted by molar-refractivity contribution is 0.563. The van der Waals surface area contributed by atoms with Gasteiger partial charge >= 0.3 is 10.2 Å². The molecule has 0 N–H and O–H groups in total. The summed E-state index contributed by atoms with van der Waals surface area (Å²) in [4.78, 5) is 0. The fourth-order valence-electron chi connectivity index (χ4n) is 0.791. The molecule has 0 heterocycles. The molecular weight excluding hydrogens is 250 g/mol. The molecular formula is C8H5Cl2FO2S. The Morgan fingerprint density at radius 3 is 2.43 bits per heavy atom. The summed E-state index contributed by atoms with van der Waals surface area (Å²) in [5, 5.41) is 1.12. The Balaban J connectivity index is 3.05. The second-order valence-electron chi connectivity index (χ2n) is 2.44. The third-order valence-electron chi connectivity index (χ3n) is 1.37. The highest BCUT2D eigenvalue weighted by atomic mass is 35.5. The van der Waals surface area contributed by atoms with Crippen molar-refractivity contribution < 1.29 is 12.3 Å². The van der Waals surface area contributed by atoms with Gasteiger partial charge in [-0.05, 0) is 23.8 Å². The van der Waals surface area contributed by atoms with Crippen LogP contribution in [-0.2, 0) is 10.2 Å². The molecule has 1 aromatic rings. The molecule has 6 heteroatoms. The van der Waals surface area contributed by atoms with Crippen LogP contribution in [0.5, 0.6) is 0 Å². The highest BCUT2D eigenvalue weighted by Gasteiger charge is 2.01. The summed E-state index contributed by atoms with van der Waals surface area (Å²) < 4.78 is 32.4. The first-order valence-corrected chi connectivity index (χ1v) is 5.66. The maximum absolute atomic E-state index is 12.1. The first-order valence-electron chi connectivity index (χ1n) is 3.46. The van der Waals surface area contributed by atoms with Gasteiger partial charge in [0.2, 0.25) is 0 Å². The van der Waals surface area contributed by atoms with E-state index in [9.17, 15) is 12.3 Å². The Kier molecular flexibility index (Phi) is 3.53. The number of halogens is 3. The minimum Gasteiger partial charge on any atom is -0.190 e. The smallest absolute Gasteiger partial charge is 0.190 e. The Bertz CT molecular complexity index is 468. The van der Waals surface area contributed by atoms with Crippen molar-refractivity contribution in [1.29, 1.82) is 0 Å². The van der Waals surface area contributed by atoms with Crippen LogP contribution in [0.4, 0.5) is 3.89 Å². The van der Waals surface area contributed by atoms with Gasteiger partial charge in [-0.2, -0.15) is 8.42 Å². The Hall–Kier alpha value is -0.580. The third kappa shape index (κ3) is 3.65. The summed E-state index contributed by atoms with van der Waals surface area (Å²) in [6, 6.07) is 4.46. The Morgan fingerprint density at radius 1 is 1.29 bits per heavy atom. The molecule has 1 rings (SSSR count). The van der Waals surface area contributed by atoms with Crippen LogP contribution in [0.25, 0.3) is 6.08 Å². The largest absolute Gasteiger partial charge is 0.325 e. The van der Waals surface area contributed by atoms with Crippen molar-refractivity contribution >= 4 is 39.5 Å². The lowest BCUT2D eigenvalue weighted by Gasteiger charge is -1.97. The first-order chi connectivity index (χ1) is 6.38. The summed E-state index contributed by atoms with van der Waals surface area (Å²) in [6.07, 6.45) is 1.06. The molecule has 0 amide bonds. The van der Waals surface area contributed by atoms with Crippen molar-refractivity contribution in [3.8, 4) is 0 Å². The highest BCUT2D eigenvalue weighted by molar-refractivity contribution is 7.89. The zero-order chi connectivity index (χ0) is 10.8. The van der Waals surface area contributed by atoms with Crippen molar-refractivity contribution in [2.45, 2.75) is 0 Å². The third-order valence-corrected chi connectivity index (χ3v) is 2.40. The fraction of sp³-hybridized carbons (Fsp3) is 0. The van der Waals surface area contributed by atoms with E-state index in [1.165, 1.54) is 18.2 Å². The predicted octanol–water partition coefficient (Wildman–Crippen LogP) is 3.26. The molecule has 2 nitrogen and oxygen atoms in total. The molecule has 76 valence electrons. The van der Waals surface area contributed by atoms with Crippen LogP contribution in [-0.4, -0.2) is 8.42 Å². The number of rotatable bonds is 2. The Labute approximate surface area is 91.2 Å². The van der Waals surface area contributed by atoms with Gasteiger partial charge in [-0.25, -0.2) is 0 Å². The van der Waals surface area contributed by atoms with Gasteiger partial charge in [0.05, 0.1) is 5.41 Å². The van der Waals surface area contributed by atoms with Crippen molar-refractivity contribution in [2.75, 3.05) is 0 Å². The molecule has 0 aliphatic carbocycles. The van der Waals surface area contributed by atoms with Gasteiger partial charge in [0.25, 0.3) is 0 Å². The average molecular weight is 255 g/mol. The van der Waals surface area contributed by atoms with E-state index < -0.39 is 10.2 Å². The molecule has 0 spiro atoms.